The van der Waals surface area contributed by atoms with Crippen LogP contribution >= 0.6 is 22.6 Å². The number of alkyl halides is 1. The van der Waals surface area contributed by atoms with E-state index in [4.69, 9.17) is 9.72 Å². The fourth-order valence-corrected chi connectivity index (χ4v) is 4.71. The Kier molecular flexibility index (Phi) is 8.11. The van der Waals surface area contributed by atoms with E-state index < -0.39 is 0 Å². The fourth-order valence-electron chi connectivity index (χ4n) is 4.71. The second kappa shape index (κ2) is 11.1. The van der Waals surface area contributed by atoms with Gasteiger partial charge in [-0.25, -0.2) is 9.97 Å². The first-order valence-electron chi connectivity index (χ1n) is 12.2. The zero-order valence-electron chi connectivity index (χ0n) is 20.7. The van der Waals surface area contributed by atoms with E-state index in [2.05, 4.69) is 64.2 Å². The monoisotopic (exact) mass is 574 g/mol. The van der Waals surface area contributed by atoms with Gasteiger partial charge in [0.25, 0.3) is 5.91 Å². The van der Waals surface area contributed by atoms with Crippen LogP contribution in [0.3, 0.4) is 0 Å². The number of fused-ring (bicyclic) bond motifs is 1. The number of halogens is 1. The topological polar surface area (TPSA) is 59.7 Å². The molecule has 3 aromatic rings. The predicted octanol–water partition coefficient (Wildman–Crippen LogP) is 5.73. The molecule has 5 rings (SSSR count). The third kappa shape index (κ3) is 5.39. The quantitative estimate of drug-likeness (QED) is 0.279. The van der Waals surface area contributed by atoms with Crippen molar-refractivity contribution in [1.29, 1.82) is 0 Å². The maximum Gasteiger partial charge on any atom is 0.276 e. The second-order valence-electron chi connectivity index (χ2n) is 9.43. The Bertz CT molecular complexity index is 1150. The molecule has 4 heterocycles. The molecule has 1 saturated heterocycles. The molecule has 0 bridgehead atoms. The van der Waals surface area contributed by atoms with Crippen LogP contribution in [0.5, 0.6) is 5.75 Å². The van der Waals surface area contributed by atoms with Gasteiger partial charge >= 0.3 is 0 Å². The van der Waals surface area contributed by atoms with Crippen LogP contribution in [0.25, 0.3) is 5.65 Å². The Morgan fingerprint density at radius 2 is 1.88 bits per heavy atom. The normalized spacial score (nSPS) is 17.9. The van der Waals surface area contributed by atoms with Gasteiger partial charge in [-0.2, -0.15) is 0 Å². The zero-order valence-corrected chi connectivity index (χ0v) is 22.8. The number of nitrogens with zero attached hydrogens (tertiary/aromatic N) is 4. The fraction of sp³-hybridized carbons (Fsp3) is 0.519. The van der Waals surface area contributed by atoms with Gasteiger partial charge in [-0.15, -0.1) is 0 Å². The van der Waals surface area contributed by atoms with Crippen LogP contribution in [0.15, 0.2) is 30.5 Å². The van der Waals surface area contributed by atoms with E-state index in [-0.39, 0.29) is 11.9 Å². The van der Waals surface area contributed by atoms with E-state index in [1.54, 1.807) is 0 Å². The van der Waals surface area contributed by atoms with Crippen molar-refractivity contribution >= 4 is 34.1 Å². The van der Waals surface area contributed by atoms with E-state index in [0.717, 1.165) is 55.0 Å². The number of carbonyl (C=O) groups excluding carboxylic acids is 1. The van der Waals surface area contributed by atoms with Crippen LogP contribution in [0, 0.1) is 26.7 Å². The molecule has 1 aliphatic heterocycles. The summed E-state index contributed by atoms with van der Waals surface area (Å²) in [5, 5.41) is 0. The number of aromatic nitrogens is 3. The van der Waals surface area contributed by atoms with Crippen LogP contribution in [-0.2, 0) is 6.42 Å². The molecule has 1 amide bonds. The Balaban J connectivity index is 0.00000133. The van der Waals surface area contributed by atoms with Gasteiger partial charge in [0, 0.05) is 36.6 Å². The SMILES string of the molecule is CI.Cc1ccc(OCC2CC2)c(C(=O)N2CCCC[C@H]2Cc2nc3c(C)cccn3c2C)n1. The summed E-state index contributed by atoms with van der Waals surface area (Å²) in [6, 6.07) is 8.11. The van der Waals surface area contributed by atoms with Crippen molar-refractivity contribution in [3.05, 3.63) is 58.8 Å². The summed E-state index contributed by atoms with van der Waals surface area (Å²) in [6.07, 6.45) is 8.41. The van der Waals surface area contributed by atoms with Gasteiger partial charge in [0.15, 0.2) is 11.4 Å². The second-order valence-corrected chi connectivity index (χ2v) is 9.43. The lowest BCUT2D eigenvalue weighted by molar-refractivity contribution is 0.0601. The Labute approximate surface area is 216 Å². The third-order valence-corrected chi connectivity index (χ3v) is 6.87. The average Bonchev–Trinajstić information content (AvgIpc) is 3.64. The van der Waals surface area contributed by atoms with Crippen LogP contribution in [0.4, 0.5) is 0 Å². The number of hydrogen-bond acceptors (Lipinski definition) is 4. The number of rotatable bonds is 6. The first kappa shape index (κ1) is 24.9. The van der Waals surface area contributed by atoms with Gasteiger partial charge in [-0.3, -0.25) is 4.79 Å². The molecule has 0 N–H and O–H groups in total. The number of carbonyl (C=O) groups is 1. The Morgan fingerprint density at radius 3 is 2.62 bits per heavy atom. The van der Waals surface area contributed by atoms with Crippen LogP contribution < -0.4 is 4.74 Å². The van der Waals surface area contributed by atoms with Gasteiger partial charge in [-0.1, -0.05) is 28.7 Å². The number of piperidine rings is 1. The van der Waals surface area contributed by atoms with Crippen molar-refractivity contribution in [3.63, 3.8) is 0 Å². The lowest BCUT2D eigenvalue weighted by atomic mass is 9.96. The molecule has 1 aliphatic carbocycles. The summed E-state index contributed by atoms with van der Waals surface area (Å²) in [6.45, 7) is 7.57. The Hall–Kier alpha value is -2.16. The highest BCUT2D eigenvalue weighted by atomic mass is 127. The summed E-state index contributed by atoms with van der Waals surface area (Å²) >= 11 is 2.15. The maximum atomic E-state index is 13.7. The van der Waals surface area contributed by atoms with Gasteiger partial charge < -0.3 is 14.0 Å². The molecule has 2 fully saturated rings. The summed E-state index contributed by atoms with van der Waals surface area (Å²) in [5.74, 6) is 1.24. The average molecular weight is 575 g/mol. The molecule has 0 spiro atoms. The van der Waals surface area contributed by atoms with Gasteiger partial charge in [0.05, 0.1) is 12.3 Å². The van der Waals surface area contributed by atoms with E-state index in [0.29, 0.717) is 24.0 Å². The molecule has 0 aromatic carbocycles. The molecular formula is C27H35IN4O2. The number of imidazole rings is 1. The zero-order chi connectivity index (χ0) is 24.2. The van der Waals surface area contributed by atoms with Crippen LogP contribution in [-0.4, -0.2) is 49.3 Å². The Morgan fingerprint density at radius 1 is 1.09 bits per heavy atom. The third-order valence-electron chi connectivity index (χ3n) is 6.87. The van der Waals surface area contributed by atoms with E-state index in [1.807, 2.05) is 28.9 Å². The molecule has 182 valence electrons. The highest BCUT2D eigenvalue weighted by Gasteiger charge is 2.32. The predicted molar refractivity (Wildman–Crippen MR) is 144 cm³/mol. The molecule has 1 atom stereocenters. The van der Waals surface area contributed by atoms with Crippen molar-refractivity contribution in [2.45, 2.75) is 65.3 Å². The number of hydrogen-bond donors (Lipinski definition) is 0. The lowest BCUT2D eigenvalue weighted by Crippen LogP contribution is -2.45. The number of pyridine rings is 2. The van der Waals surface area contributed by atoms with Gasteiger partial charge in [-0.05, 0) is 87.5 Å². The summed E-state index contributed by atoms with van der Waals surface area (Å²) < 4.78 is 8.19. The molecule has 6 nitrogen and oxygen atoms in total. The van der Waals surface area contributed by atoms with Crippen LogP contribution in [0.2, 0.25) is 0 Å². The first-order valence-corrected chi connectivity index (χ1v) is 14.4. The number of ether oxygens (including phenoxy) is 1. The molecule has 0 radical (unpaired) electrons. The number of likely N-dealkylation sites (tertiary alicyclic amines) is 1. The van der Waals surface area contributed by atoms with Crippen LogP contribution in [0.1, 0.15) is 65.2 Å². The number of amides is 1. The van der Waals surface area contributed by atoms with Gasteiger partial charge in [0.1, 0.15) is 5.65 Å². The van der Waals surface area contributed by atoms with Crippen molar-refractivity contribution in [1.82, 2.24) is 19.3 Å². The van der Waals surface area contributed by atoms with Crippen molar-refractivity contribution in [3.8, 4) is 5.75 Å². The lowest BCUT2D eigenvalue weighted by Gasteiger charge is -2.35. The smallest absolute Gasteiger partial charge is 0.276 e. The van der Waals surface area contributed by atoms with E-state index >= 15 is 0 Å². The van der Waals surface area contributed by atoms with Crippen molar-refractivity contribution in [2.24, 2.45) is 5.92 Å². The molecule has 34 heavy (non-hydrogen) atoms. The van der Waals surface area contributed by atoms with Crippen molar-refractivity contribution in [2.75, 3.05) is 18.1 Å². The maximum absolute atomic E-state index is 13.7. The van der Waals surface area contributed by atoms with Crippen molar-refractivity contribution < 1.29 is 9.53 Å². The minimum atomic E-state index is -0.0122. The largest absolute Gasteiger partial charge is 0.491 e. The minimum Gasteiger partial charge on any atom is -0.491 e. The van der Waals surface area contributed by atoms with E-state index in [1.165, 1.54) is 18.4 Å². The minimum absolute atomic E-state index is 0.0122. The molecule has 7 heteroatoms. The summed E-state index contributed by atoms with van der Waals surface area (Å²) in [7, 11) is 0. The number of aryl methyl sites for hydroxylation is 3. The molecule has 1 saturated carbocycles. The highest BCUT2D eigenvalue weighted by molar-refractivity contribution is 14.1. The van der Waals surface area contributed by atoms with Gasteiger partial charge in [0.2, 0.25) is 0 Å². The highest BCUT2D eigenvalue weighted by Crippen LogP contribution is 2.31. The summed E-state index contributed by atoms with van der Waals surface area (Å²) in [4.78, 5) is 27.3. The molecule has 3 aromatic heterocycles. The van der Waals surface area contributed by atoms with E-state index in [9.17, 15) is 4.79 Å². The molecule has 0 unspecified atom stereocenters. The summed E-state index contributed by atoms with van der Waals surface area (Å²) in [5.41, 5.74) is 5.70. The molecule has 2 aliphatic rings. The standard InChI is InChI=1S/C26H32N4O2.CH3I/c1-17-7-6-14-29-19(3)22(28-25(17)29)15-21-8-4-5-13-30(21)26(31)24-23(12-9-18(2)27-24)32-16-20-10-11-20;1-2/h6-7,9,12,14,20-21H,4-5,8,10-11,13,15-16H2,1-3H3;1H3/t21-;/m0./s1. The first-order chi connectivity index (χ1) is 16.5. The molecular weight excluding hydrogens is 539 g/mol.